The number of anilines is 1. The van der Waals surface area contributed by atoms with Crippen LogP contribution in [0.15, 0.2) is 41.8 Å². The maximum Gasteiger partial charge on any atom is 0.316 e. The molecular weight excluding hydrogens is 342 g/mol. The van der Waals surface area contributed by atoms with E-state index in [2.05, 4.69) is 15.0 Å². The second-order valence-electron chi connectivity index (χ2n) is 5.24. The minimum absolute atomic E-state index is 0.262. The number of thioether (sulfide) groups is 1. The first-order chi connectivity index (χ1) is 12.1. The standard InChI is InChI=1S/C16H17N5O3S/c1-10(15(22)23)25-16-20-12-13(17)18-9-19-14(12)21(16)7-8-24-11-5-3-2-4-6-11/h2-6,9-10H,7-8H2,1H3,(H,22,23)(H2,17,18,19)/t10-/m1/s1. The van der Waals surface area contributed by atoms with Crippen molar-refractivity contribution >= 4 is 34.7 Å². The van der Waals surface area contributed by atoms with Crippen LogP contribution in [-0.2, 0) is 11.3 Å². The molecule has 0 saturated heterocycles. The molecule has 0 amide bonds. The van der Waals surface area contributed by atoms with Crippen molar-refractivity contribution in [3.05, 3.63) is 36.7 Å². The molecule has 0 saturated carbocycles. The Bertz CT molecular complexity index is 884. The summed E-state index contributed by atoms with van der Waals surface area (Å²) in [5.41, 5.74) is 6.88. The summed E-state index contributed by atoms with van der Waals surface area (Å²) < 4.78 is 7.52. The Balaban J connectivity index is 1.85. The van der Waals surface area contributed by atoms with E-state index in [1.54, 1.807) is 11.5 Å². The lowest BCUT2D eigenvalue weighted by Gasteiger charge is -2.11. The molecule has 0 bridgehead atoms. The quantitative estimate of drug-likeness (QED) is 0.616. The number of nitrogens with zero attached hydrogens (tertiary/aromatic N) is 4. The molecule has 130 valence electrons. The van der Waals surface area contributed by atoms with Gasteiger partial charge in [0, 0.05) is 0 Å². The highest BCUT2D eigenvalue weighted by molar-refractivity contribution is 8.00. The molecule has 1 aromatic carbocycles. The molecule has 3 N–H and O–H groups in total. The van der Waals surface area contributed by atoms with E-state index in [0.717, 1.165) is 17.5 Å². The summed E-state index contributed by atoms with van der Waals surface area (Å²) >= 11 is 1.13. The van der Waals surface area contributed by atoms with Gasteiger partial charge >= 0.3 is 5.97 Å². The van der Waals surface area contributed by atoms with E-state index in [0.29, 0.717) is 29.5 Å². The molecule has 9 heteroatoms. The number of imidazole rings is 1. The average Bonchev–Trinajstić information content (AvgIpc) is 2.95. The molecule has 2 heterocycles. The highest BCUT2D eigenvalue weighted by atomic mass is 32.2. The van der Waals surface area contributed by atoms with Crippen LogP contribution in [0.3, 0.4) is 0 Å². The van der Waals surface area contributed by atoms with Crippen LogP contribution >= 0.6 is 11.8 Å². The summed E-state index contributed by atoms with van der Waals surface area (Å²) in [5.74, 6) is 0.106. The smallest absolute Gasteiger partial charge is 0.316 e. The lowest BCUT2D eigenvalue weighted by Crippen LogP contribution is -2.14. The minimum Gasteiger partial charge on any atom is -0.492 e. The van der Waals surface area contributed by atoms with Crippen LogP contribution in [0.1, 0.15) is 6.92 Å². The van der Waals surface area contributed by atoms with E-state index in [4.69, 9.17) is 15.6 Å². The molecule has 0 unspecified atom stereocenters. The van der Waals surface area contributed by atoms with E-state index < -0.39 is 11.2 Å². The SMILES string of the molecule is C[C@@H](Sc1nc2c(N)ncnc2n1CCOc1ccccc1)C(=O)O. The van der Waals surface area contributed by atoms with Crippen LogP contribution < -0.4 is 10.5 Å². The number of aliphatic carboxylic acids is 1. The highest BCUT2D eigenvalue weighted by Gasteiger charge is 2.20. The van der Waals surface area contributed by atoms with Crippen molar-refractivity contribution in [2.24, 2.45) is 0 Å². The average molecular weight is 359 g/mol. The predicted molar refractivity (Wildman–Crippen MR) is 94.6 cm³/mol. The monoisotopic (exact) mass is 359 g/mol. The van der Waals surface area contributed by atoms with Gasteiger partial charge < -0.3 is 20.1 Å². The number of para-hydroxylation sites is 1. The van der Waals surface area contributed by atoms with Gasteiger partial charge in [-0.05, 0) is 19.1 Å². The van der Waals surface area contributed by atoms with Gasteiger partial charge in [0.2, 0.25) is 0 Å². The number of ether oxygens (including phenoxy) is 1. The molecule has 25 heavy (non-hydrogen) atoms. The van der Waals surface area contributed by atoms with E-state index in [9.17, 15) is 4.79 Å². The molecule has 0 spiro atoms. The van der Waals surface area contributed by atoms with Crippen molar-refractivity contribution in [2.75, 3.05) is 12.3 Å². The number of hydrogen-bond donors (Lipinski definition) is 2. The van der Waals surface area contributed by atoms with Gasteiger partial charge in [0.15, 0.2) is 22.1 Å². The first kappa shape index (κ1) is 17.0. The second kappa shape index (κ2) is 7.39. The first-order valence-electron chi connectivity index (χ1n) is 7.60. The van der Waals surface area contributed by atoms with E-state index >= 15 is 0 Å². The molecule has 3 rings (SSSR count). The number of rotatable bonds is 7. The summed E-state index contributed by atoms with van der Waals surface area (Å²) in [6.45, 7) is 2.44. The van der Waals surface area contributed by atoms with Gasteiger partial charge in [0.1, 0.15) is 23.9 Å². The summed E-state index contributed by atoms with van der Waals surface area (Å²) in [6, 6.07) is 9.44. The van der Waals surface area contributed by atoms with Crippen molar-refractivity contribution in [2.45, 2.75) is 23.9 Å². The molecule has 0 aliphatic carbocycles. The van der Waals surface area contributed by atoms with Gasteiger partial charge in [-0.1, -0.05) is 30.0 Å². The summed E-state index contributed by atoms with van der Waals surface area (Å²) in [4.78, 5) is 23.7. The maximum atomic E-state index is 11.2. The Labute approximate surface area is 148 Å². The largest absolute Gasteiger partial charge is 0.492 e. The fourth-order valence-corrected chi connectivity index (χ4v) is 3.07. The van der Waals surface area contributed by atoms with Crippen molar-refractivity contribution in [1.82, 2.24) is 19.5 Å². The predicted octanol–water partition coefficient (Wildman–Crippen LogP) is 2.05. The fraction of sp³-hybridized carbons (Fsp3) is 0.250. The van der Waals surface area contributed by atoms with Crippen LogP contribution in [0.5, 0.6) is 5.75 Å². The zero-order valence-corrected chi connectivity index (χ0v) is 14.3. The molecular formula is C16H17N5O3S. The molecule has 0 radical (unpaired) electrons. The Morgan fingerprint density at radius 3 is 2.84 bits per heavy atom. The third-order valence-electron chi connectivity index (χ3n) is 3.48. The van der Waals surface area contributed by atoms with E-state index in [-0.39, 0.29) is 5.82 Å². The fourth-order valence-electron chi connectivity index (χ4n) is 2.21. The number of carboxylic acids is 1. The summed E-state index contributed by atoms with van der Waals surface area (Å²) in [7, 11) is 0. The number of carbonyl (C=O) groups is 1. The van der Waals surface area contributed by atoms with Crippen LogP contribution in [0.4, 0.5) is 5.82 Å². The third-order valence-corrected chi connectivity index (χ3v) is 4.56. The number of benzene rings is 1. The number of fused-ring (bicyclic) bond motifs is 1. The lowest BCUT2D eigenvalue weighted by atomic mass is 10.3. The van der Waals surface area contributed by atoms with Gasteiger partial charge in [-0.2, -0.15) is 0 Å². The molecule has 0 aliphatic rings. The van der Waals surface area contributed by atoms with Crippen molar-refractivity contribution in [3.63, 3.8) is 0 Å². The van der Waals surface area contributed by atoms with E-state index in [1.807, 2.05) is 30.3 Å². The van der Waals surface area contributed by atoms with Crippen molar-refractivity contribution in [1.29, 1.82) is 0 Å². The molecule has 0 fully saturated rings. The second-order valence-corrected chi connectivity index (χ2v) is 6.54. The van der Waals surface area contributed by atoms with Gasteiger partial charge in [-0.25, -0.2) is 15.0 Å². The van der Waals surface area contributed by atoms with Crippen molar-refractivity contribution < 1.29 is 14.6 Å². The molecule has 8 nitrogen and oxygen atoms in total. The number of nitrogens with two attached hydrogens (primary N) is 1. The van der Waals surface area contributed by atoms with Crippen LogP contribution in [-0.4, -0.2) is 42.5 Å². The topological polar surface area (TPSA) is 116 Å². The van der Waals surface area contributed by atoms with Gasteiger partial charge in [0.25, 0.3) is 0 Å². The number of hydrogen-bond acceptors (Lipinski definition) is 7. The van der Waals surface area contributed by atoms with Gasteiger partial charge in [0.05, 0.1) is 6.54 Å². The van der Waals surface area contributed by atoms with E-state index in [1.165, 1.54) is 6.33 Å². The molecule has 0 aliphatic heterocycles. The minimum atomic E-state index is -0.914. The Hall–Kier alpha value is -2.81. The Morgan fingerprint density at radius 1 is 1.36 bits per heavy atom. The summed E-state index contributed by atoms with van der Waals surface area (Å²) in [5, 5.41) is 9.02. The van der Waals surface area contributed by atoms with Crippen LogP contribution in [0.25, 0.3) is 11.2 Å². The summed E-state index contributed by atoms with van der Waals surface area (Å²) in [6.07, 6.45) is 1.36. The van der Waals surface area contributed by atoms with Crippen molar-refractivity contribution in [3.8, 4) is 5.75 Å². The first-order valence-corrected chi connectivity index (χ1v) is 8.48. The van der Waals surface area contributed by atoms with Crippen LogP contribution in [0.2, 0.25) is 0 Å². The Kier molecular flexibility index (Phi) is 5.03. The highest BCUT2D eigenvalue weighted by Crippen LogP contribution is 2.28. The molecule has 1 atom stereocenters. The number of aromatic nitrogens is 4. The normalized spacial score (nSPS) is 12.2. The van der Waals surface area contributed by atoms with Gasteiger partial charge in [-0.3, -0.25) is 4.79 Å². The molecule has 3 aromatic rings. The zero-order valence-electron chi connectivity index (χ0n) is 13.5. The van der Waals surface area contributed by atoms with Crippen LogP contribution in [0, 0.1) is 0 Å². The third kappa shape index (κ3) is 3.82. The maximum absolute atomic E-state index is 11.2. The lowest BCUT2D eigenvalue weighted by molar-refractivity contribution is -0.136. The molecule has 2 aromatic heterocycles. The van der Waals surface area contributed by atoms with Gasteiger partial charge in [-0.15, -0.1) is 0 Å². The number of carboxylic acid groups (broad SMARTS) is 1. The zero-order chi connectivity index (χ0) is 17.8. The number of nitrogen functional groups attached to an aromatic ring is 1. The Morgan fingerprint density at radius 2 is 2.12 bits per heavy atom.